The molecule has 1 saturated carbocycles. The fourth-order valence-corrected chi connectivity index (χ4v) is 3.07. The quantitative estimate of drug-likeness (QED) is 0.542. The molecule has 0 bridgehead atoms. The molecule has 0 aromatic carbocycles. The van der Waals surface area contributed by atoms with Crippen molar-refractivity contribution < 1.29 is 4.79 Å². The summed E-state index contributed by atoms with van der Waals surface area (Å²) in [5, 5.41) is 7.30. The van der Waals surface area contributed by atoms with Crippen LogP contribution in [0, 0.1) is 11.3 Å². The van der Waals surface area contributed by atoms with E-state index in [9.17, 15) is 4.79 Å². The largest absolute Gasteiger partial charge is 0.379 e. The van der Waals surface area contributed by atoms with Crippen molar-refractivity contribution in [3.05, 3.63) is 0 Å². The maximum Gasteiger partial charge on any atom is 0.239 e. The van der Waals surface area contributed by atoms with E-state index in [-0.39, 0.29) is 11.1 Å². The summed E-state index contributed by atoms with van der Waals surface area (Å²) in [5.74, 6) is 0.468. The Morgan fingerprint density at radius 2 is 2.29 bits per heavy atom. The second kappa shape index (κ2) is 3.81. The zero-order chi connectivity index (χ0) is 10.9. The molecule has 2 atom stereocenters. The van der Waals surface area contributed by atoms with Crippen LogP contribution in [0.1, 0.15) is 19.8 Å². The van der Waals surface area contributed by atoms with Gasteiger partial charge in [-0.1, -0.05) is 25.1 Å². The van der Waals surface area contributed by atoms with Gasteiger partial charge < -0.3 is 10.6 Å². The molecule has 0 radical (unpaired) electrons. The van der Waals surface area contributed by atoms with Crippen LogP contribution in [0.3, 0.4) is 0 Å². The minimum atomic E-state index is -0.427. The second-order valence-corrected chi connectivity index (χ2v) is 5.24. The van der Waals surface area contributed by atoms with Gasteiger partial charge in [0.2, 0.25) is 5.91 Å². The number of hydrogen-bond acceptors (Lipinski definition) is 3. The van der Waals surface area contributed by atoms with Gasteiger partial charge in [0.05, 0.1) is 0 Å². The lowest BCUT2D eigenvalue weighted by Crippen LogP contribution is -2.36. The van der Waals surface area contributed by atoms with E-state index in [2.05, 4.69) is 6.92 Å². The Bertz CT molecular complexity index is 267. The maximum absolute atomic E-state index is 11.9. The van der Waals surface area contributed by atoms with Crippen molar-refractivity contribution >= 4 is 22.8 Å². The standard InChI is InChI=1S/C9H17N3OS/c1-4-6-5-9(6,14-8(10)11)7(13)12(2)3/h6H,4-5H2,1-3H3,(H3,10,11)/t6-,9+/m1/s1. The first-order valence-corrected chi connectivity index (χ1v) is 5.50. The van der Waals surface area contributed by atoms with Crippen LogP contribution in [0.2, 0.25) is 0 Å². The smallest absolute Gasteiger partial charge is 0.239 e. The van der Waals surface area contributed by atoms with Gasteiger partial charge in [-0.2, -0.15) is 0 Å². The first-order chi connectivity index (χ1) is 6.44. The number of rotatable bonds is 3. The average Bonchev–Trinajstić information content (AvgIpc) is 2.77. The summed E-state index contributed by atoms with van der Waals surface area (Å²) in [6.45, 7) is 2.07. The summed E-state index contributed by atoms with van der Waals surface area (Å²) in [6.07, 6.45) is 1.82. The van der Waals surface area contributed by atoms with Crippen LogP contribution in [0.5, 0.6) is 0 Å². The van der Waals surface area contributed by atoms with Crippen LogP contribution in [0.15, 0.2) is 0 Å². The van der Waals surface area contributed by atoms with Crippen LogP contribution in [-0.4, -0.2) is 34.8 Å². The molecule has 1 aliphatic carbocycles. The number of nitrogens with one attached hydrogen (secondary N) is 1. The van der Waals surface area contributed by atoms with Gasteiger partial charge >= 0.3 is 0 Å². The molecular formula is C9H17N3OS. The lowest BCUT2D eigenvalue weighted by molar-refractivity contribution is -0.129. The van der Waals surface area contributed by atoms with Gasteiger partial charge in [-0.15, -0.1) is 0 Å². The van der Waals surface area contributed by atoms with Crippen LogP contribution >= 0.6 is 11.8 Å². The highest BCUT2D eigenvalue weighted by Crippen LogP contribution is 2.56. The highest BCUT2D eigenvalue weighted by Gasteiger charge is 2.60. The first kappa shape index (κ1) is 11.4. The molecule has 1 aliphatic rings. The average molecular weight is 215 g/mol. The van der Waals surface area contributed by atoms with Gasteiger partial charge in [-0.05, 0) is 12.3 Å². The lowest BCUT2D eigenvalue weighted by Gasteiger charge is -2.19. The van der Waals surface area contributed by atoms with E-state index in [0.717, 1.165) is 12.8 Å². The van der Waals surface area contributed by atoms with Crippen LogP contribution in [0.25, 0.3) is 0 Å². The molecule has 0 heterocycles. The fraction of sp³-hybridized carbons (Fsp3) is 0.778. The van der Waals surface area contributed by atoms with Crippen LogP contribution in [0.4, 0.5) is 0 Å². The van der Waals surface area contributed by atoms with Gasteiger partial charge in [-0.25, -0.2) is 0 Å². The molecule has 1 amide bonds. The minimum absolute atomic E-state index is 0.0381. The number of thioether (sulfide) groups is 1. The number of carbonyl (C=O) groups excluding carboxylic acids is 1. The molecule has 80 valence electrons. The van der Waals surface area contributed by atoms with Crippen molar-refractivity contribution in [3.63, 3.8) is 0 Å². The number of amides is 1. The fourth-order valence-electron chi connectivity index (χ4n) is 1.79. The third-order valence-corrected chi connectivity index (χ3v) is 3.86. The summed E-state index contributed by atoms with van der Waals surface area (Å²) in [7, 11) is 3.49. The molecule has 0 unspecified atom stereocenters. The van der Waals surface area contributed by atoms with E-state index in [0.29, 0.717) is 5.92 Å². The SMILES string of the molecule is CC[C@@H]1C[C@@]1(SC(=N)N)C(=O)N(C)C. The number of amidine groups is 1. The first-order valence-electron chi connectivity index (χ1n) is 4.68. The predicted octanol–water partition coefficient (Wildman–Crippen LogP) is 0.870. The van der Waals surface area contributed by atoms with Gasteiger partial charge in [0.15, 0.2) is 5.17 Å². The molecule has 3 N–H and O–H groups in total. The summed E-state index contributed by atoms with van der Waals surface area (Å²) in [4.78, 5) is 13.5. The highest BCUT2D eigenvalue weighted by atomic mass is 32.2. The summed E-state index contributed by atoms with van der Waals surface area (Å²) in [5.41, 5.74) is 5.35. The Morgan fingerprint density at radius 1 is 1.71 bits per heavy atom. The van der Waals surface area contributed by atoms with Gasteiger partial charge in [0.1, 0.15) is 4.75 Å². The summed E-state index contributed by atoms with van der Waals surface area (Å²) in [6, 6.07) is 0. The molecule has 0 aromatic heterocycles. The molecule has 0 spiro atoms. The molecule has 0 aromatic rings. The van der Waals surface area contributed by atoms with E-state index in [1.165, 1.54) is 11.8 Å². The predicted molar refractivity (Wildman–Crippen MR) is 59.3 cm³/mol. The van der Waals surface area contributed by atoms with Crippen LogP contribution < -0.4 is 5.73 Å². The van der Waals surface area contributed by atoms with Crippen molar-refractivity contribution in [2.75, 3.05) is 14.1 Å². The Morgan fingerprint density at radius 3 is 2.57 bits per heavy atom. The number of nitrogens with zero attached hydrogens (tertiary/aromatic N) is 1. The number of carbonyl (C=O) groups is 1. The van der Waals surface area contributed by atoms with E-state index >= 15 is 0 Å². The van der Waals surface area contributed by atoms with Crippen molar-refractivity contribution in [1.82, 2.24) is 4.90 Å². The third kappa shape index (κ3) is 1.87. The minimum Gasteiger partial charge on any atom is -0.379 e. The third-order valence-electron chi connectivity index (χ3n) is 2.60. The lowest BCUT2D eigenvalue weighted by atomic mass is 10.2. The molecule has 0 saturated heterocycles. The Balaban J connectivity index is 2.75. The Kier molecular flexibility index (Phi) is 3.09. The van der Waals surface area contributed by atoms with Crippen LogP contribution in [-0.2, 0) is 4.79 Å². The molecular weight excluding hydrogens is 198 g/mol. The topological polar surface area (TPSA) is 70.2 Å². The molecule has 14 heavy (non-hydrogen) atoms. The summed E-state index contributed by atoms with van der Waals surface area (Å²) >= 11 is 1.21. The summed E-state index contributed by atoms with van der Waals surface area (Å²) < 4.78 is -0.427. The van der Waals surface area contributed by atoms with E-state index in [1.54, 1.807) is 19.0 Å². The van der Waals surface area contributed by atoms with Gasteiger partial charge in [0, 0.05) is 14.1 Å². The van der Waals surface area contributed by atoms with E-state index in [4.69, 9.17) is 11.1 Å². The van der Waals surface area contributed by atoms with Gasteiger partial charge in [-0.3, -0.25) is 10.2 Å². The maximum atomic E-state index is 11.9. The van der Waals surface area contributed by atoms with Gasteiger partial charge in [0.25, 0.3) is 0 Å². The molecule has 4 nitrogen and oxygen atoms in total. The number of hydrogen-bond donors (Lipinski definition) is 2. The second-order valence-electron chi connectivity index (χ2n) is 3.86. The number of nitrogens with two attached hydrogens (primary N) is 1. The molecule has 1 fully saturated rings. The normalized spacial score (nSPS) is 29.8. The highest BCUT2D eigenvalue weighted by molar-refractivity contribution is 8.15. The monoisotopic (exact) mass is 215 g/mol. The zero-order valence-corrected chi connectivity index (χ0v) is 9.65. The van der Waals surface area contributed by atoms with Crippen molar-refractivity contribution in [2.24, 2.45) is 11.7 Å². The van der Waals surface area contributed by atoms with E-state index in [1.807, 2.05) is 0 Å². The van der Waals surface area contributed by atoms with E-state index < -0.39 is 4.75 Å². The van der Waals surface area contributed by atoms with Crippen molar-refractivity contribution in [3.8, 4) is 0 Å². The molecule has 1 rings (SSSR count). The van der Waals surface area contributed by atoms with Crippen molar-refractivity contribution in [2.45, 2.75) is 24.5 Å². The molecule has 0 aliphatic heterocycles. The Hall–Kier alpha value is -0.710. The van der Waals surface area contributed by atoms with Crippen molar-refractivity contribution in [1.29, 1.82) is 5.41 Å². The molecule has 5 heteroatoms. The Labute approximate surface area is 88.7 Å². The zero-order valence-electron chi connectivity index (χ0n) is 8.83.